The van der Waals surface area contributed by atoms with Gasteiger partial charge >= 0.3 is 7.12 Å². The summed E-state index contributed by atoms with van der Waals surface area (Å²) in [6.45, 7) is 0.510. The van der Waals surface area contributed by atoms with Gasteiger partial charge in [0.2, 0.25) is 5.60 Å². The summed E-state index contributed by atoms with van der Waals surface area (Å²) in [5.74, 6) is -1.38. The van der Waals surface area contributed by atoms with Gasteiger partial charge < -0.3 is 29.3 Å². The molecule has 10 heteroatoms. The molecule has 38 heavy (non-hydrogen) atoms. The van der Waals surface area contributed by atoms with E-state index in [0.717, 1.165) is 22.3 Å². The molecular weight excluding hydrogens is 483 g/mol. The third-order valence-corrected chi connectivity index (χ3v) is 6.59. The number of aromatic nitrogens is 2. The number of carbonyl (C=O) groups excluding carboxylic acids is 1. The molecule has 3 N–H and O–H groups in total. The van der Waals surface area contributed by atoms with Gasteiger partial charge in [0.1, 0.15) is 5.65 Å². The lowest BCUT2D eigenvalue weighted by Crippen LogP contribution is -2.56. The second-order valence-electron chi connectivity index (χ2n) is 9.45. The van der Waals surface area contributed by atoms with Crippen LogP contribution in [-0.4, -0.2) is 56.3 Å². The summed E-state index contributed by atoms with van der Waals surface area (Å²) in [6, 6.07) is 22.8. The highest BCUT2D eigenvalue weighted by Crippen LogP contribution is 2.29. The largest absolute Gasteiger partial charge is 0.475 e. The minimum absolute atomic E-state index is 0.182. The van der Waals surface area contributed by atoms with Crippen LogP contribution in [-0.2, 0) is 33.8 Å². The van der Waals surface area contributed by atoms with E-state index in [0.29, 0.717) is 12.3 Å². The highest BCUT2D eigenvalue weighted by molar-refractivity contribution is 6.43. The van der Waals surface area contributed by atoms with Gasteiger partial charge in [0, 0.05) is 37.0 Å². The number of rotatable bonds is 11. The minimum atomic E-state index is -1.75. The van der Waals surface area contributed by atoms with E-state index in [1.807, 2.05) is 89.6 Å². The van der Waals surface area contributed by atoms with E-state index in [9.17, 15) is 14.8 Å². The van der Waals surface area contributed by atoms with Crippen LogP contribution in [0.2, 0.25) is 0 Å². The third-order valence-electron chi connectivity index (χ3n) is 6.59. The molecule has 4 aromatic rings. The van der Waals surface area contributed by atoms with Crippen molar-refractivity contribution < 1.29 is 24.4 Å². The fourth-order valence-electron chi connectivity index (χ4n) is 4.64. The molecule has 1 aliphatic heterocycles. The predicted octanol–water partition coefficient (Wildman–Crippen LogP) is 2.35. The van der Waals surface area contributed by atoms with Crippen molar-refractivity contribution in [1.29, 1.82) is 0 Å². The Bertz CT molecular complexity index is 1400. The second kappa shape index (κ2) is 11.6. The number of imidazole rings is 1. The summed E-state index contributed by atoms with van der Waals surface area (Å²) in [5.41, 5.74) is 2.78. The van der Waals surface area contributed by atoms with Gasteiger partial charge in [-0.2, -0.15) is 0 Å². The zero-order valence-electron chi connectivity index (χ0n) is 20.8. The Morgan fingerprint density at radius 1 is 1.03 bits per heavy atom. The molecule has 194 valence electrons. The Labute approximate surface area is 220 Å². The van der Waals surface area contributed by atoms with Crippen molar-refractivity contribution in [3.8, 4) is 0 Å². The number of hydrogen-bond donors (Lipinski definition) is 3. The molecular formula is C28H29BN4O5. The van der Waals surface area contributed by atoms with E-state index < -0.39 is 24.6 Å². The van der Waals surface area contributed by atoms with Gasteiger partial charge in [0.05, 0.1) is 24.9 Å². The first-order valence-corrected chi connectivity index (χ1v) is 12.5. The summed E-state index contributed by atoms with van der Waals surface area (Å²) in [4.78, 5) is 23.8. The number of nitrogens with one attached hydrogen (secondary N) is 1. The molecule has 3 heterocycles. The monoisotopic (exact) mass is 512 g/mol. The van der Waals surface area contributed by atoms with Crippen molar-refractivity contribution in [3.63, 3.8) is 0 Å². The molecule has 0 saturated heterocycles. The SMILES string of the molecule is O=C(N[C@@H](Cc1ccccc1)B(O)O)C1(Cc2ccccc2)CC(COCc2cccn3ccnc23)=NO1. The third kappa shape index (κ3) is 5.94. The molecule has 0 bridgehead atoms. The van der Waals surface area contributed by atoms with Gasteiger partial charge in [-0.25, -0.2) is 4.98 Å². The van der Waals surface area contributed by atoms with E-state index in [4.69, 9.17) is 9.57 Å². The Morgan fingerprint density at radius 2 is 1.76 bits per heavy atom. The zero-order chi connectivity index (χ0) is 26.4. The Morgan fingerprint density at radius 3 is 2.50 bits per heavy atom. The van der Waals surface area contributed by atoms with Gasteiger partial charge in [0.25, 0.3) is 5.91 Å². The number of oxime groups is 1. The number of pyridine rings is 1. The van der Waals surface area contributed by atoms with Crippen LogP contribution < -0.4 is 5.32 Å². The minimum Gasteiger partial charge on any atom is -0.426 e. The van der Waals surface area contributed by atoms with Crippen molar-refractivity contribution in [2.24, 2.45) is 5.16 Å². The molecule has 0 aliphatic carbocycles. The fourth-order valence-corrected chi connectivity index (χ4v) is 4.64. The molecule has 1 unspecified atom stereocenters. The molecule has 0 spiro atoms. The van der Waals surface area contributed by atoms with Gasteiger partial charge in [-0.15, -0.1) is 0 Å². The van der Waals surface area contributed by atoms with Crippen molar-refractivity contribution in [1.82, 2.24) is 14.7 Å². The number of carbonyl (C=O) groups is 1. The van der Waals surface area contributed by atoms with Crippen molar-refractivity contribution >= 4 is 24.4 Å². The molecule has 9 nitrogen and oxygen atoms in total. The molecule has 2 atom stereocenters. The number of benzene rings is 2. The smallest absolute Gasteiger partial charge is 0.426 e. The lowest BCUT2D eigenvalue weighted by atomic mass is 9.75. The fraction of sp³-hybridized carbons (Fsp3) is 0.250. The topological polar surface area (TPSA) is 118 Å². The van der Waals surface area contributed by atoms with Crippen LogP contribution >= 0.6 is 0 Å². The van der Waals surface area contributed by atoms with Gasteiger partial charge in [-0.1, -0.05) is 71.9 Å². The first kappa shape index (κ1) is 25.7. The van der Waals surface area contributed by atoms with Crippen LogP contribution in [0.15, 0.2) is 96.5 Å². The van der Waals surface area contributed by atoms with Crippen LogP contribution in [0.4, 0.5) is 0 Å². The van der Waals surface area contributed by atoms with Gasteiger partial charge in [0.15, 0.2) is 0 Å². The summed E-state index contributed by atoms with van der Waals surface area (Å²) in [7, 11) is -1.75. The average molecular weight is 512 g/mol. The van der Waals surface area contributed by atoms with Crippen LogP contribution in [0.5, 0.6) is 0 Å². The molecule has 0 radical (unpaired) electrons. The molecule has 0 fully saturated rings. The molecule has 1 aliphatic rings. The number of fused-ring (bicyclic) bond motifs is 1. The van der Waals surface area contributed by atoms with E-state index in [-0.39, 0.29) is 25.9 Å². The molecule has 2 aromatic carbocycles. The van der Waals surface area contributed by atoms with Crippen molar-refractivity contribution in [2.75, 3.05) is 6.61 Å². The Balaban J connectivity index is 1.28. The maximum Gasteiger partial charge on any atom is 0.475 e. The van der Waals surface area contributed by atoms with E-state index >= 15 is 0 Å². The first-order chi connectivity index (χ1) is 18.5. The number of amides is 1. The lowest BCUT2D eigenvalue weighted by molar-refractivity contribution is -0.144. The van der Waals surface area contributed by atoms with Gasteiger partial charge in [-0.05, 0) is 23.6 Å². The van der Waals surface area contributed by atoms with Crippen LogP contribution in [0.3, 0.4) is 0 Å². The predicted molar refractivity (Wildman–Crippen MR) is 143 cm³/mol. The van der Waals surface area contributed by atoms with E-state index in [2.05, 4.69) is 15.5 Å². The lowest BCUT2D eigenvalue weighted by Gasteiger charge is -2.28. The first-order valence-electron chi connectivity index (χ1n) is 12.5. The standard InChI is InChI=1S/C28H29BN4O5/c34-27(31-25(29(35)36)16-21-8-3-1-4-9-21)28(17-22-10-5-2-6-11-22)18-24(32-38-28)20-37-19-23-12-7-14-33-15-13-30-26(23)33/h1-15,25,35-36H,16-20H2,(H,31,34)/t25-,28?/m0/s1. The van der Waals surface area contributed by atoms with Gasteiger partial charge in [-0.3, -0.25) is 4.79 Å². The van der Waals surface area contributed by atoms with Crippen molar-refractivity contribution in [2.45, 2.75) is 37.4 Å². The van der Waals surface area contributed by atoms with E-state index in [1.165, 1.54) is 0 Å². The van der Waals surface area contributed by atoms with Crippen LogP contribution in [0.1, 0.15) is 23.1 Å². The maximum atomic E-state index is 13.7. The number of ether oxygens (including phenoxy) is 1. The normalized spacial score (nSPS) is 17.6. The highest BCUT2D eigenvalue weighted by Gasteiger charge is 2.48. The Hall–Kier alpha value is -3.99. The molecule has 5 rings (SSSR count). The maximum absolute atomic E-state index is 13.7. The second-order valence-corrected chi connectivity index (χ2v) is 9.45. The van der Waals surface area contributed by atoms with Crippen LogP contribution in [0.25, 0.3) is 5.65 Å². The summed E-state index contributed by atoms with van der Waals surface area (Å²) >= 11 is 0. The summed E-state index contributed by atoms with van der Waals surface area (Å²) in [5, 5.41) is 27.0. The Kier molecular flexibility index (Phi) is 7.83. The van der Waals surface area contributed by atoms with E-state index in [1.54, 1.807) is 6.20 Å². The molecule has 0 saturated carbocycles. The number of hydrogen-bond acceptors (Lipinski definition) is 7. The van der Waals surface area contributed by atoms with Crippen LogP contribution in [0, 0.1) is 0 Å². The summed E-state index contributed by atoms with van der Waals surface area (Å²) in [6.07, 6.45) is 6.26. The van der Waals surface area contributed by atoms with Crippen molar-refractivity contribution in [3.05, 3.63) is 108 Å². The number of nitrogens with zero attached hydrogens (tertiary/aromatic N) is 3. The zero-order valence-corrected chi connectivity index (χ0v) is 20.8. The highest BCUT2D eigenvalue weighted by atomic mass is 16.7. The molecule has 1 amide bonds. The average Bonchev–Trinajstić information content (AvgIpc) is 3.58. The molecule has 2 aromatic heterocycles. The summed E-state index contributed by atoms with van der Waals surface area (Å²) < 4.78 is 7.85. The quantitative estimate of drug-likeness (QED) is 0.266.